The van der Waals surface area contributed by atoms with Gasteiger partial charge >= 0.3 is 5.97 Å². The summed E-state index contributed by atoms with van der Waals surface area (Å²) >= 11 is 6.08. The number of halogens is 1. The van der Waals surface area contributed by atoms with Crippen molar-refractivity contribution in [3.63, 3.8) is 0 Å². The van der Waals surface area contributed by atoms with Crippen LogP contribution in [0.3, 0.4) is 0 Å². The van der Waals surface area contributed by atoms with Crippen LogP contribution in [0.5, 0.6) is 0 Å². The fraction of sp³-hybridized carbons (Fsp3) is 0.300. The van der Waals surface area contributed by atoms with Crippen molar-refractivity contribution < 1.29 is 22.7 Å². The SMILES string of the molecule is CN(Cc1ccccc1)S(=O)(=O)c1ccc(Cl)c(C(=O)O[C@@H]2CCCC2=O)c1. The summed E-state index contributed by atoms with van der Waals surface area (Å²) < 4.78 is 32.2. The molecule has 1 atom stereocenters. The maximum atomic E-state index is 12.9. The molecule has 1 aliphatic carbocycles. The smallest absolute Gasteiger partial charge is 0.340 e. The van der Waals surface area contributed by atoms with Gasteiger partial charge < -0.3 is 4.74 Å². The Balaban J connectivity index is 1.83. The maximum absolute atomic E-state index is 12.9. The fourth-order valence-corrected chi connectivity index (χ4v) is 4.41. The van der Waals surface area contributed by atoms with Crippen molar-refractivity contribution in [3.8, 4) is 0 Å². The van der Waals surface area contributed by atoms with Gasteiger partial charge in [0, 0.05) is 20.0 Å². The molecule has 0 spiro atoms. The number of ketones is 1. The van der Waals surface area contributed by atoms with Crippen LogP contribution in [0.2, 0.25) is 5.02 Å². The second-order valence-corrected chi connectivity index (χ2v) is 9.09. The molecule has 28 heavy (non-hydrogen) atoms. The van der Waals surface area contributed by atoms with Crippen LogP contribution >= 0.6 is 11.6 Å². The van der Waals surface area contributed by atoms with E-state index in [1.165, 1.54) is 29.6 Å². The zero-order chi connectivity index (χ0) is 20.3. The van der Waals surface area contributed by atoms with Crippen molar-refractivity contribution >= 4 is 33.4 Å². The molecule has 0 saturated heterocycles. The number of benzene rings is 2. The number of esters is 1. The zero-order valence-corrected chi connectivity index (χ0v) is 16.9. The summed E-state index contributed by atoms with van der Waals surface area (Å²) in [6.07, 6.45) is 0.734. The molecule has 0 heterocycles. The number of nitrogens with zero attached hydrogens (tertiary/aromatic N) is 1. The third-order valence-corrected chi connectivity index (χ3v) is 6.74. The quantitative estimate of drug-likeness (QED) is 0.667. The molecule has 8 heteroatoms. The van der Waals surface area contributed by atoms with E-state index < -0.39 is 22.1 Å². The van der Waals surface area contributed by atoms with E-state index in [9.17, 15) is 18.0 Å². The number of ether oxygens (including phenoxy) is 1. The largest absolute Gasteiger partial charge is 0.451 e. The number of carbonyl (C=O) groups excluding carboxylic acids is 2. The molecule has 0 unspecified atom stereocenters. The van der Waals surface area contributed by atoms with Crippen LogP contribution < -0.4 is 0 Å². The van der Waals surface area contributed by atoms with Gasteiger partial charge in [0.2, 0.25) is 10.0 Å². The average molecular weight is 422 g/mol. The van der Waals surface area contributed by atoms with Gasteiger partial charge in [0.1, 0.15) is 0 Å². The Bertz CT molecular complexity index is 991. The van der Waals surface area contributed by atoms with Crippen molar-refractivity contribution in [2.45, 2.75) is 36.8 Å². The first-order valence-corrected chi connectivity index (χ1v) is 10.6. The first kappa shape index (κ1) is 20.5. The van der Waals surface area contributed by atoms with Gasteiger partial charge in [0.25, 0.3) is 0 Å². The fourth-order valence-electron chi connectivity index (χ4n) is 3.03. The summed E-state index contributed by atoms with van der Waals surface area (Å²) in [6.45, 7) is 0.183. The van der Waals surface area contributed by atoms with Crippen LogP contribution in [0.25, 0.3) is 0 Å². The first-order valence-electron chi connectivity index (χ1n) is 8.82. The Morgan fingerprint density at radius 1 is 1.21 bits per heavy atom. The van der Waals surface area contributed by atoms with Crippen LogP contribution in [0.4, 0.5) is 0 Å². The van der Waals surface area contributed by atoms with E-state index in [0.29, 0.717) is 19.3 Å². The van der Waals surface area contributed by atoms with Crippen molar-refractivity contribution in [1.82, 2.24) is 4.31 Å². The van der Waals surface area contributed by atoms with Crippen molar-refractivity contribution in [2.24, 2.45) is 0 Å². The van der Waals surface area contributed by atoms with E-state index in [1.54, 1.807) is 0 Å². The van der Waals surface area contributed by atoms with Gasteiger partial charge in [-0.05, 0) is 36.6 Å². The number of sulfonamides is 1. The molecule has 6 nitrogen and oxygen atoms in total. The second-order valence-electron chi connectivity index (χ2n) is 6.64. The van der Waals surface area contributed by atoms with Gasteiger partial charge in [-0.3, -0.25) is 4.79 Å². The lowest BCUT2D eigenvalue weighted by Crippen LogP contribution is -2.27. The van der Waals surface area contributed by atoms with E-state index >= 15 is 0 Å². The van der Waals surface area contributed by atoms with Crippen LogP contribution in [0.1, 0.15) is 35.2 Å². The highest BCUT2D eigenvalue weighted by Crippen LogP contribution is 2.26. The zero-order valence-electron chi connectivity index (χ0n) is 15.3. The van der Waals surface area contributed by atoms with Gasteiger partial charge in [-0.15, -0.1) is 0 Å². The summed E-state index contributed by atoms with van der Waals surface area (Å²) in [4.78, 5) is 24.1. The lowest BCUT2D eigenvalue weighted by molar-refractivity contribution is -0.124. The topological polar surface area (TPSA) is 80.8 Å². The highest BCUT2D eigenvalue weighted by atomic mass is 35.5. The molecule has 0 aliphatic heterocycles. The van der Waals surface area contributed by atoms with E-state index in [2.05, 4.69) is 0 Å². The predicted octanol–water partition coefficient (Wildman–Crippen LogP) is 3.44. The number of Topliss-reactive ketones (excluding diaryl/α,β-unsaturated/α-hetero) is 1. The third-order valence-electron chi connectivity index (χ3n) is 4.61. The van der Waals surface area contributed by atoms with E-state index in [4.69, 9.17) is 16.3 Å². The first-order chi connectivity index (χ1) is 13.3. The van der Waals surface area contributed by atoms with E-state index in [-0.39, 0.29) is 27.8 Å². The predicted molar refractivity (Wildman–Crippen MR) is 105 cm³/mol. The summed E-state index contributed by atoms with van der Waals surface area (Å²) in [7, 11) is -2.38. The standard InChI is InChI=1S/C20H20ClNO5S/c1-22(13-14-6-3-2-4-7-14)28(25,26)15-10-11-17(21)16(12-15)20(24)27-19-9-5-8-18(19)23/h2-4,6-7,10-12,19H,5,8-9,13H2,1H3/t19-/m1/s1. The van der Waals surface area contributed by atoms with Crippen LogP contribution in [-0.4, -0.2) is 37.6 Å². The second kappa shape index (κ2) is 8.43. The summed E-state index contributed by atoms with van der Waals surface area (Å²) in [5, 5.41) is 0.0695. The van der Waals surface area contributed by atoms with Crippen LogP contribution in [0.15, 0.2) is 53.4 Å². The van der Waals surface area contributed by atoms with E-state index in [0.717, 1.165) is 5.56 Å². The molecule has 2 aromatic rings. The highest BCUT2D eigenvalue weighted by Gasteiger charge is 2.30. The molecule has 0 radical (unpaired) electrons. The normalized spacial score (nSPS) is 17.1. The molecule has 0 bridgehead atoms. The van der Waals surface area contributed by atoms with Gasteiger partial charge in [-0.25, -0.2) is 13.2 Å². The van der Waals surface area contributed by atoms with Gasteiger partial charge in [0.15, 0.2) is 11.9 Å². The molecule has 1 aliphatic rings. The van der Waals surface area contributed by atoms with Gasteiger partial charge in [-0.1, -0.05) is 41.9 Å². The minimum atomic E-state index is -3.85. The lowest BCUT2D eigenvalue weighted by Gasteiger charge is -2.18. The van der Waals surface area contributed by atoms with Crippen LogP contribution in [-0.2, 0) is 26.1 Å². The number of carbonyl (C=O) groups is 2. The lowest BCUT2D eigenvalue weighted by atomic mass is 10.2. The molecule has 0 N–H and O–H groups in total. The van der Waals surface area contributed by atoms with Crippen molar-refractivity contribution in [2.75, 3.05) is 7.05 Å². The highest BCUT2D eigenvalue weighted by molar-refractivity contribution is 7.89. The summed E-state index contributed by atoms with van der Waals surface area (Å²) in [5.41, 5.74) is 0.762. The Labute approximate surface area is 169 Å². The number of rotatable bonds is 6. The third kappa shape index (κ3) is 4.43. The molecular weight excluding hydrogens is 402 g/mol. The molecule has 148 valence electrons. The monoisotopic (exact) mass is 421 g/mol. The summed E-state index contributed by atoms with van der Waals surface area (Å²) in [6, 6.07) is 13.1. The maximum Gasteiger partial charge on any atom is 0.340 e. The molecule has 2 aromatic carbocycles. The Morgan fingerprint density at radius 3 is 2.57 bits per heavy atom. The molecule has 0 amide bonds. The van der Waals surface area contributed by atoms with Crippen molar-refractivity contribution in [3.05, 3.63) is 64.7 Å². The minimum absolute atomic E-state index is 0.0694. The molecule has 1 fully saturated rings. The average Bonchev–Trinajstić information content (AvgIpc) is 3.07. The molecular formula is C20H20ClNO5S. The Hall–Kier alpha value is -2.22. The molecule has 3 rings (SSSR count). The summed E-state index contributed by atoms with van der Waals surface area (Å²) in [5.74, 6) is -0.927. The minimum Gasteiger partial charge on any atom is -0.451 e. The van der Waals surface area contributed by atoms with Crippen molar-refractivity contribution in [1.29, 1.82) is 0 Å². The molecule has 1 saturated carbocycles. The number of hydrogen-bond acceptors (Lipinski definition) is 5. The van der Waals surface area contributed by atoms with Crippen LogP contribution in [0, 0.1) is 0 Å². The Kier molecular flexibility index (Phi) is 6.17. The van der Waals surface area contributed by atoms with Gasteiger partial charge in [0.05, 0.1) is 15.5 Å². The number of hydrogen-bond donors (Lipinski definition) is 0. The Morgan fingerprint density at radius 2 is 1.93 bits per heavy atom. The van der Waals surface area contributed by atoms with Gasteiger partial charge in [-0.2, -0.15) is 4.31 Å². The molecule has 0 aromatic heterocycles. The van der Waals surface area contributed by atoms with E-state index in [1.807, 2.05) is 30.3 Å².